The maximum Gasteiger partial charge on any atom is 0.0613 e. The summed E-state index contributed by atoms with van der Waals surface area (Å²) < 4.78 is 0. The molecule has 1 aliphatic carbocycles. The van der Waals surface area contributed by atoms with Gasteiger partial charge in [0.25, 0.3) is 0 Å². The highest BCUT2D eigenvalue weighted by atomic mass is 16.3. The van der Waals surface area contributed by atoms with Gasteiger partial charge in [0.2, 0.25) is 0 Å². The number of hydrogen-bond donors (Lipinski definition) is 2. The van der Waals surface area contributed by atoms with Crippen LogP contribution in [0.4, 0.5) is 0 Å². The summed E-state index contributed by atoms with van der Waals surface area (Å²) >= 11 is 0. The largest absolute Gasteiger partial charge is 0.394 e. The van der Waals surface area contributed by atoms with Gasteiger partial charge >= 0.3 is 0 Å². The number of rotatable bonds is 5. The number of nitrogens with one attached hydrogen (secondary N) is 1. The number of aliphatic hydroxyl groups is 1. The van der Waals surface area contributed by atoms with Crippen molar-refractivity contribution in [1.82, 2.24) is 5.32 Å². The lowest BCUT2D eigenvalue weighted by atomic mass is 9.82. The second kappa shape index (κ2) is 6.72. The number of benzene rings is 1. The minimum atomic E-state index is -0.0285. The topological polar surface area (TPSA) is 32.3 Å². The average molecular weight is 245 g/mol. The molecule has 1 aliphatic rings. The Kier molecular flexibility index (Phi) is 4.97. The van der Waals surface area contributed by atoms with E-state index in [0.29, 0.717) is 0 Å². The van der Waals surface area contributed by atoms with E-state index in [-0.39, 0.29) is 12.1 Å². The lowest BCUT2D eigenvalue weighted by Crippen LogP contribution is -2.49. The zero-order chi connectivity index (χ0) is 12.7. The van der Waals surface area contributed by atoms with Gasteiger partial charge in [0.05, 0.1) is 6.61 Å². The first-order valence-corrected chi connectivity index (χ1v) is 6.92. The Bertz CT molecular complexity index is 366. The third-order valence-corrected chi connectivity index (χ3v) is 3.82. The van der Waals surface area contributed by atoms with Crippen molar-refractivity contribution in [1.29, 1.82) is 0 Å². The van der Waals surface area contributed by atoms with E-state index in [1.54, 1.807) is 0 Å². The molecule has 2 rings (SSSR count). The molecule has 0 heterocycles. The van der Waals surface area contributed by atoms with Gasteiger partial charge in [0.15, 0.2) is 0 Å². The molecular weight excluding hydrogens is 222 g/mol. The Morgan fingerprint density at radius 2 is 1.83 bits per heavy atom. The van der Waals surface area contributed by atoms with Crippen LogP contribution in [0.1, 0.15) is 37.7 Å². The standard InChI is InChI=1S/C16H23NO/c18-14-16(11-5-2-6-12-16)17-13-7-10-15-8-3-1-4-9-15/h1,3-4,7-10,17-18H,2,5-6,11-14H2. The third kappa shape index (κ3) is 3.69. The molecule has 0 aromatic heterocycles. The molecule has 1 saturated carbocycles. The summed E-state index contributed by atoms with van der Waals surface area (Å²) in [7, 11) is 0. The summed E-state index contributed by atoms with van der Waals surface area (Å²) in [5.74, 6) is 0. The van der Waals surface area contributed by atoms with Gasteiger partial charge in [-0.25, -0.2) is 0 Å². The van der Waals surface area contributed by atoms with Crippen LogP contribution in [0, 0.1) is 0 Å². The van der Waals surface area contributed by atoms with Gasteiger partial charge in [-0.3, -0.25) is 0 Å². The maximum absolute atomic E-state index is 9.57. The minimum absolute atomic E-state index is 0.0285. The van der Waals surface area contributed by atoms with Crippen LogP contribution in [-0.4, -0.2) is 23.8 Å². The van der Waals surface area contributed by atoms with Crippen LogP contribution in [0.25, 0.3) is 6.08 Å². The van der Waals surface area contributed by atoms with Crippen molar-refractivity contribution in [3.63, 3.8) is 0 Å². The van der Waals surface area contributed by atoms with Gasteiger partial charge in [-0.2, -0.15) is 0 Å². The fourth-order valence-electron chi connectivity index (χ4n) is 2.65. The summed E-state index contributed by atoms with van der Waals surface area (Å²) in [5, 5.41) is 13.1. The molecule has 1 aromatic carbocycles. The molecule has 1 aromatic rings. The molecule has 0 spiro atoms. The zero-order valence-corrected chi connectivity index (χ0v) is 10.9. The van der Waals surface area contributed by atoms with Crippen LogP contribution in [-0.2, 0) is 0 Å². The van der Waals surface area contributed by atoms with Crippen molar-refractivity contribution in [2.45, 2.75) is 37.6 Å². The van der Waals surface area contributed by atoms with E-state index in [1.165, 1.54) is 24.8 Å². The van der Waals surface area contributed by atoms with Crippen molar-refractivity contribution in [2.75, 3.05) is 13.2 Å². The minimum Gasteiger partial charge on any atom is -0.394 e. The molecular formula is C16H23NO. The Hall–Kier alpha value is -1.12. The molecule has 2 nitrogen and oxygen atoms in total. The molecule has 0 saturated heterocycles. The van der Waals surface area contributed by atoms with Crippen LogP contribution in [0.15, 0.2) is 36.4 Å². The van der Waals surface area contributed by atoms with Gasteiger partial charge in [-0.05, 0) is 18.4 Å². The second-order valence-corrected chi connectivity index (χ2v) is 5.19. The normalized spacial score (nSPS) is 19.2. The summed E-state index contributed by atoms with van der Waals surface area (Å²) in [5.41, 5.74) is 1.19. The molecule has 1 fully saturated rings. The van der Waals surface area contributed by atoms with E-state index in [2.05, 4.69) is 29.6 Å². The molecule has 18 heavy (non-hydrogen) atoms. The van der Waals surface area contributed by atoms with E-state index in [4.69, 9.17) is 0 Å². The number of hydrogen-bond acceptors (Lipinski definition) is 2. The Balaban J connectivity index is 1.82. The highest BCUT2D eigenvalue weighted by Crippen LogP contribution is 2.27. The van der Waals surface area contributed by atoms with Gasteiger partial charge in [-0.1, -0.05) is 61.7 Å². The quantitative estimate of drug-likeness (QED) is 0.836. The highest BCUT2D eigenvalue weighted by molar-refractivity contribution is 5.48. The Morgan fingerprint density at radius 1 is 1.11 bits per heavy atom. The predicted molar refractivity (Wildman–Crippen MR) is 76.4 cm³/mol. The third-order valence-electron chi connectivity index (χ3n) is 3.82. The van der Waals surface area contributed by atoms with Gasteiger partial charge in [0, 0.05) is 12.1 Å². The van der Waals surface area contributed by atoms with Crippen molar-refractivity contribution >= 4 is 6.08 Å². The van der Waals surface area contributed by atoms with Crippen LogP contribution >= 0.6 is 0 Å². The molecule has 0 aliphatic heterocycles. The first-order valence-electron chi connectivity index (χ1n) is 6.92. The zero-order valence-electron chi connectivity index (χ0n) is 10.9. The van der Waals surface area contributed by atoms with Gasteiger partial charge < -0.3 is 10.4 Å². The SMILES string of the molecule is OCC1(NCC=Cc2ccccc2)CCCCC1. The van der Waals surface area contributed by atoms with Crippen LogP contribution in [0.3, 0.4) is 0 Å². The lowest BCUT2D eigenvalue weighted by molar-refractivity contribution is 0.125. The van der Waals surface area contributed by atoms with E-state index < -0.39 is 0 Å². The van der Waals surface area contributed by atoms with Crippen LogP contribution in [0.2, 0.25) is 0 Å². The monoisotopic (exact) mass is 245 g/mol. The molecule has 0 amide bonds. The van der Waals surface area contributed by atoms with E-state index in [9.17, 15) is 5.11 Å². The lowest BCUT2D eigenvalue weighted by Gasteiger charge is -2.36. The molecule has 2 heteroatoms. The van der Waals surface area contributed by atoms with Crippen LogP contribution < -0.4 is 5.32 Å². The van der Waals surface area contributed by atoms with E-state index in [1.807, 2.05) is 18.2 Å². The van der Waals surface area contributed by atoms with Gasteiger partial charge in [-0.15, -0.1) is 0 Å². The Labute approximate surface area is 110 Å². The Morgan fingerprint density at radius 3 is 2.50 bits per heavy atom. The fourth-order valence-corrected chi connectivity index (χ4v) is 2.65. The summed E-state index contributed by atoms with van der Waals surface area (Å²) in [6.07, 6.45) is 10.2. The summed E-state index contributed by atoms with van der Waals surface area (Å²) in [6.45, 7) is 1.08. The van der Waals surface area contributed by atoms with Crippen molar-refractivity contribution < 1.29 is 5.11 Å². The predicted octanol–water partition coefficient (Wildman–Crippen LogP) is 2.98. The van der Waals surface area contributed by atoms with Crippen LogP contribution in [0.5, 0.6) is 0 Å². The first kappa shape index (κ1) is 13.3. The van der Waals surface area contributed by atoms with E-state index in [0.717, 1.165) is 19.4 Å². The molecule has 0 bridgehead atoms. The molecule has 0 unspecified atom stereocenters. The average Bonchev–Trinajstić information content (AvgIpc) is 2.46. The van der Waals surface area contributed by atoms with Crippen molar-refractivity contribution in [3.8, 4) is 0 Å². The molecule has 0 atom stereocenters. The van der Waals surface area contributed by atoms with Crippen molar-refractivity contribution in [2.24, 2.45) is 0 Å². The summed E-state index contributed by atoms with van der Waals surface area (Å²) in [4.78, 5) is 0. The molecule has 0 radical (unpaired) electrons. The fraction of sp³-hybridized carbons (Fsp3) is 0.500. The smallest absolute Gasteiger partial charge is 0.0613 e. The number of aliphatic hydroxyl groups excluding tert-OH is 1. The second-order valence-electron chi connectivity index (χ2n) is 5.19. The van der Waals surface area contributed by atoms with Gasteiger partial charge in [0.1, 0.15) is 0 Å². The summed E-state index contributed by atoms with van der Waals surface area (Å²) in [6, 6.07) is 10.3. The molecule has 98 valence electrons. The first-order chi connectivity index (χ1) is 8.85. The van der Waals surface area contributed by atoms with Crippen molar-refractivity contribution in [3.05, 3.63) is 42.0 Å². The maximum atomic E-state index is 9.57. The highest BCUT2D eigenvalue weighted by Gasteiger charge is 2.29. The molecule has 2 N–H and O–H groups in total. The van der Waals surface area contributed by atoms with E-state index >= 15 is 0 Å².